The van der Waals surface area contributed by atoms with Gasteiger partial charge in [0.05, 0.1) is 66.1 Å². The minimum atomic E-state index is -2.55. The summed E-state index contributed by atoms with van der Waals surface area (Å²) in [6, 6.07) is -3.53. The molecular weight excluding hydrogens is 1610 g/mol. The van der Waals surface area contributed by atoms with Crippen molar-refractivity contribution < 1.29 is 253 Å². The van der Waals surface area contributed by atoms with E-state index in [1.807, 2.05) is 0 Å². The molecule has 32 N–H and O–H groups in total. The Kier molecular flexibility index (Phi) is 34.4. The summed E-state index contributed by atoms with van der Waals surface area (Å²) >= 11 is 0. The molecule has 10 aliphatic rings. The molecule has 0 saturated carbocycles. The second-order valence-corrected chi connectivity index (χ2v) is 29.5. The Bertz CT molecular complexity index is 3050. The first kappa shape index (κ1) is 96.2. The number of rotatable bonds is 30. The second kappa shape index (κ2) is 41.9. The van der Waals surface area contributed by atoms with Gasteiger partial charge in [0.2, 0.25) is 11.8 Å². The molecule has 0 aromatic rings. The molecule has 10 heterocycles. The van der Waals surface area contributed by atoms with Crippen molar-refractivity contribution in [2.45, 2.75) is 321 Å². The molecule has 0 spiro atoms. The third-order valence-electron chi connectivity index (χ3n) is 21.7. The smallest absolute Gasteiger partial charge is 0.217 e. The van der Waals surface area contributed by atoms with Gasteiger partial charge in [0.25, 0.3) is 0 Å². The van der Waals surface area contributed by atoms with Crippen LogP contribution in [-0.4, -0.2) is 538 Å². The van der Waals surface area contributed by atoms with E-state index in [1.54, 1.807) is 0 Å². The summed E-state index contributed by atoms with van der Waals surface area (Å²) in [6.45, 7) is -9.16. The fourth-order valence-electron chi connectivity index (χ4n) is 15.1. The summed E-state index contributed by atoms with van der Waals surface area (Å²) in [5.74, 6) is -1.71. The van der Waals surface area contributed by atoms with Gasteiger partial charge in [-0.2, -0.15) is 0 Å². The summed E-state index contributed by atoms with van der Waals surface area (Å²) in [5, 5.41) is 337. The molecular formula is C64H108N2O51. The van der Waals surface area contributed by atoms with Crippen molar-refractivity contribution in [2.75, 3.05) is 66.1 Å². The van der Waals surface area contributed by atoms with Crippen molar-refractivity contribution >= 4 is 11.8 Å². The molecule has 10 fully saturated rings. The summed E-state index contributed by atoms with van der Waals surface area (Å²) in [6.07, 6.45) is -103. The van der Waals surface area contributed by atoms with E-state index in [1.165, 1.54) is 0 Å². The van der Waals surface area contributed by atoms with Crippen LogP contribution in [0.25, 0.3) is 0 Å². The van der Waals surface area contributed by atoms with Crippen LogP contribution in [0.1, 0.15) is 13.8 Å². The molecule has 10 aliphatic heterocycles. The average Bonchev–Trinajstić information content (AvgIpc) is 0.766. The quantitative estimate of drug-likeness (QED) is 0.0318. The molecule has 1 unspecified atom stereocenters. The van der Waals surface area contributed by atoms with Crippen LogP contribution in [0.5, 0.6) is 0 Å². The molecule has 0 aromatic carbocycles. The van der Waals surface area contributed by atoms with E-state index >= 15 is 0 Å². The Balaban J connectivity index is 0.921. The lowest BCUT2D eigenvalue weighted by atomic mass is 9.94. The topological polar surface area (TPSA) is 840 Å². The summed E-state index contributed by atoms with van der Waals surface area (Å²) in [5.41, 5.74) is 0. The van der Waals surface area contributed by atoms with E-state index in [0.29, 0.717) is 0 Å². The fourth-order valence-corrected chi connectivity index (χ4v) is 15.1. The molecule has 50 atom stereocenters. The normalized spacial score (nSPS) is 51.5. The fraction of sp³-hybridized carbons (Fsp3) is 0.969. The maximum atomic E-state index is 12.9. The van der Waals surface area contributed by atoms with Gasteiger partial charge in [0.1, 0.15) is 244 Å². The zero-order valence-electron chi connectivity index (χ0n) is 61.9. The summed E-state index contributed by atoms with van der Waals surface area (Å²) in [4.78, 5) is 25.0. The lowest BCUT2D eigenvalue weighted by Crippen LogP contribution is -2.70. The third-order valence-corrected chi connectivity index (χ3v) is 21.7. The number of carbonyl (C=O) groups is 2. The molecule has 10 rings (SSSR count). The first-order chi connectivity index (χ1) is 55.5. The highest BCUT2D eigenvalue weighted by molar-refractivity contribution is 5.73. The maximum Gasteiger partial charge on any atom is 0.217 e. The largest absolute Gasteiger partial charge is 0.394 e. The molecule has 2 amide bonds. The van der Waals surface area contributed by atoms with Gasteiger partial charge >= 0.3 is 0 Å². The Hall–Kier alpha value is -3.02. The molecule has 0 aromatic heterocycles. The van der Waals surface area contributed by atoms with Crippen molar-refractivity contribution in [3.63, 3.8) is 0 Å². The molecule has 0 aliphatic carbocycles. The van der Waals surface area contributed by atoms with Gasteiger partial charge in [-0.15, -0.1) is 0 Å². The number of ether oxygens (including phenoxy) is 19. The standard InChI is InChI=1S/C64H108N2O51/c1-13(76)65-25-35(86)47(22(10-74)100-55(25)98)110-56-26(66-14(2)77)36(87)48(23(11-75)108-56)111-61-46(97)51(34(85)24(109-61)12-99-57-42(93)37(88)27(78)15(3-67)101-57)114-63-54(41(92)31(82)18(6-70)106-63)117-64-53(40(91)30(81)19(7-71)107-64)116-60-44(95)49(32(83)20(8-72)104-60)112-59-45(96)50(33(84)21(9-73)103-59)113-62-52(39(90)29(80)17(5-69)105-62)115-58-43(94)38(89)28(79)16(4-68)102-58/h15-64,67-75,78-98H,3-12H2,1-2H3,(H,65,76)(H,66,77)/t15-,16-,17-,18-,19-,20-,21-,22-,23-,24-,25-,26-,27-,28-,29-,30-,31-,32-,33-,34-,35-,36-,37+,38+,39+,40+,41+,42+,43-,44-,45-,46+,47-,48-,49+,50+,51+,52-,53+,54+,55?,56+,57+,58-,59-,60-,61+,62-,63-,64-/m1/s1. The van der Waals surface area contributed by atoms with Crippen LogP contribution in [0.3, 0.4) is 0 Å². The van der Waals surface area contributed by atoms with Gasteiger partial charge in [0.15, 0.2) is 62.9 Å². The van der Waals surface area contributed by atoms with Crippen LogP contribution in [-0.2, 0) is 99.6 Å². The number of carbonyl (C=O) groups excluding carboxylic acids is 2. The molecule has 0 radical (unpaired) electrons. The molecule has 53 heteroatoms. The highest BCUT2D eigenvalue weighted by atomic mass is 16.8. The van der Waals surface area contributed by atoms with Crippen molar-refractivity contribution in [2.24, 2.45) is 0 Å². The number of amides is 2. The second-order valence-electron chi connectivity index (χ2n) is 29.5. The Morgan fingerprint density at radius 3 is 0.829 bits per heavy atom. The van der Waals surface area contributed by atoms with Crippen LogP contribution >= 0.6 is 0 Å². The van der Waals surface area contributed by atoms with E-state index in [-0.39, 0.29) is 0 Å². The van der Waals surface area contributed by atoms with Gasteiger partial charge in [-0.3, -0.25) is 9.59 Å². The van der Waals surface area contributed by atoms with E-state index in [2.05, 4.69) is 10.6 Å². The van der Waals surface area contributed by atoms with E-state index in [9.17, 15) is 163 Å². The van der Waals surface area contributed by atoms with E-state index < -0.39 is 385 Å². The van der Waals surface area contributed by atoms with Gasteiger partial charge in [-0.25, -0.2) is 0 Å². The zero-order valence-corrected chi connectivity index (χ0v) is 61.9. The van der Waals surface area contributed by atoms with Crippen LogP contribution in [0.4, 0.5) is 0 Å². The number of nitrogens with one attached hydrogen (secondary N) is 2. The van der Waals surface area contributed by atoms with Crippen molar-refractivity contribution in [1.82, 2.24) is 10.6 Å². The van der Waals surface area contributed by atoms with Crippen molar-refractivity contribution in [3.8, 4) is 0 Å². The lowest BCUT2D eigenvalue weighted by Gasteiger charge is -2.51. The number of aliphatic hydroxyl groups excluding tert-OH is 30. The van der Waals surface area contributed by atoms with Crippen LogP contribution < -0.4 is 10.6 Å². The van der Waals surface area contributed by atoms with Gasteiger partial charge in [-0.05, 0) is 0 Å². The first-order valence-electron chi connectivity index (χ1n) is 37.2. The molecule has 0 bridgehead atoms. The van der Waals surface area contributed by atoms with Crippen LogP contribution in [0.15, 0.2) is 0 Å². The Morgan fingerprint density at radius 2 is 0.462 bits per heavy atom. The van der Waals surface area contributed by atoms with E-state index in [4.69, 9.17) is 90.0 Å². The predicted molar refractivity (Wildman–Crippen MR) is 353 cm³/mol. The number of hydrogen-bond acceptors (Lipinski definition) is 51. The minimum Gasteiger partial charge on any atom is -0.394 e. The molecule has 117 heavy (non-hydrogen) atoms. The zero-order chi connectivity index (χ0) is 85.9. The van der Waals surface area contributed by atoms with Crippen LogP contribution in [0, 0.1) is 0 Å². The maximum absolute atomic E-state index is 12.9. The monoisotopic (exact) mass is 1720 g/mol. The van der Waals surface area contributed by atoms with Crippen molar-refractivity contribution in [1.29, 1.82) is 0 Å². The molecule has 10 saturated heterocycles. The Labute approximate surface area is 660 Å². The van der Waals surface area contributed by atoms with E-state index in [0.717, 1.165) is 13.8 Å². The predicted octanol–water partition coefficient (Wildman–Crippen LogP) is -22.5. The summed E-state index contributed by atoms with van der Waals surface area (Å²) < 4.78 is 111. The lowest BCUT2D eigenvalue weighted by molar-refractivity contribution is -0.413. The first-order valence-corrected chi connectivity index (χ1v) is 37.2. The van der Waals surface area contributed by atoms with Gasteiger partial charge in [-0.1, -0.05) is 0 Å². The minimum absolute atomic E-state index is 0.782. The summed E-state index contributed by atoms with van der Waals surface area (Å²) in [7, 11) is 0. The third kappa shape index (κ3) is 20.6. The van der Waals surface area contributed by atoms with Gasteiger partial charge in [0, 0.05) is 13.8 Å². The Morgan fingerprint density at radius 1 is 0.222 bits per heavy atom. The SMILES string of the molecule is CC(=O)N[C@H]1[C@H](O[C@H]2[C@H](O)[C@@H](NC(C)=O)C(O)O[C@@H]2CO)O[C@H](CO)[C@@H](O[C@@H]2O[C@H](CO[C@H]3O[C@H](CO)[C@@H](O)[C@H](O)[C@@H]3O)[C@@H](O)[C@H](O[C@H]3O[C@H](CO)[C@@H](O)[C@H](O)[C@@H]3O[C@H]3O[C@H](CO)[C@@H](O)[C@H](O)[C@@H]3O[C@H]3O[C@H](CO)[C@@H](O)[C@H](O[C@H]4O[C@H](CO)[C@@H](O)[C@H](O[C@H]5O[C@H](CO)[C@@H](O)[C@H](O)[C@H]5O[C@H]5O[C@H](CO)[C@@H](O)[C@H](O)[C@H]5O)[C@H]4O)[C@H]3O)[C@@H]2O)[C@@H]1O. The average molecular weight is 1720 g/mol. The number of hydrogen-bond donors (Lipinski definition) is 32. The molecule has 680 valence electrons. The van der Waals surface area contributed by atoms with Crippen LogP contribution in [0.2, 0.25) is 0 Å². The number of aliphatic hydroxyl groups is 30. The highest BCUT2D eigenvalue weighted by Crippen LogP contribution is 2.41. The highest BCUT2D eigenvalue weighted by Gasteiger charge is 2.62. The van der Waals surface area contributed by atoms with Crippen molar-refractivity contribution in [3.05, 3.63) is 0 Å². The molecule has 53 nitrogen and oxygen atoms in total. The van der Waals surface area contributed by atoms with Gasteiger partial charge < -0.3 is 254 Å².